The average Bonchev–Trinajstić information content (AvgIpc) is 2.49. The number of fused-ring (bicyclic) bond motifs is 4. The molecule has 1 heterocycles. The first-order chi connectivity index (χ1) is 7.07. The molecule has 0 nitrogen and oxygen atoms in total. The third kappa shape index (κ3) is 1.42. The lowest BCUT2D eigenvalue weighted by Gasteiger charge is -2.36. The van der Waals surface area contributed by atoms with Crippen LogP contribution in [0.4, 0.5) is 0 Å². The van der Waals surface area contributed by atoms with Crippen molar-refractivity contribution < 1.29 is 0 Å². The second-order valence-electron chi connectivity index (χ2n) is 5.21. The highest BCUT2D eigenvalue weighted by Crippen LogP contribution is 2.77. The van der Waals surface area contributed by atoms with Crippen LogP contribution in [-0.2, 0) is 0 Å². The van der Waals surface area contributed by atoms with Crippen molar-refractivity contribution in [1.29, 1.82) is 0 Å². The fourth-order valence-corrected chi connectivity index (χ4v) is 13.5. The molecule has 0 saturated heterocycles. The van der Waals surface area contributed by atoms with Gasteiger partial charge < -0.3 is 0 Å². The second kappa shape index (κ2) is 3.74. The molecule has 2 aliphatic carbocycles. The molecule has 84 valence electrons. The molecule has 0 radical (unpaired) electrons. The Labute approximate surface area is 111 Å². The molecule has 2 atom stereocenters. The quantitative estimate of drug-likeness (QED) is 0.501. The molecule has 0 N–H and O–H groups in total. The van der Waals surface area contributed by atoms with E-state index in [0.717, 1.165) is 5.92 Å². The van der Waals surface area contributed by atoms with Gasteiger partial charge in [-0.25, -0.2) is 0 Å². The summed E-state index contributed by atoms with van der Waals surface area (Å²) in [4.78, 5) is 3.41. The zero-order chi connectivity index (χ0) is 10.7. The van der Waals surface area contributed by atoms with E-state index >= 15 is 0 Å². The molecule has 2 bridgehead atoms. The monoisotopic (exact) mass is 294 g/mol. The normalized spacial score (nSPS) is 43.0. The summed E-state index contributed by atoms with van der Waals surface area (Å²) in [6.45, 7) is 7.44. The first-order valence-corrected chi connectivity index (χ1v) is 11.3. The van der Waals surface area contributed by atoms with Gasteiger partial charge in [-0.15, -0.1) is 0 Å². The predicted molar refractivity (Wildman–Crippen MR) is 79.6 cm³/mol. The standard InChI is InChI=1S/C10H14S5/c1-9(2)6-4-5-10(9,3)8-7(6)11-13-15-14-12-8/h6H,4-5H2,1-3H3/t6-,10-/m1/s1. The van der Waals surface area contributed by atoms with E-state index < -0.39 is 0 Å². The van der Waals surface area contributed by atoms with Gasteiger partial charge in [0.1, 0.15) is 0 Å². The summed E-state index contributed by atoms with van der Waals surface area (Å²) >= 11 is 0. The SMILES string of the molecule is CC1(C)[C@@H]2CC[C@]1(C)C1=C2SSSSS1. The number of hydrogen-bond donors (Lipinski definition) is 0. The van der Waals surface area contributed by atoms with Crippen LogP contribution in [0.1, 0.15) is 33.6 Å². The Hall–Kier alpha value is 1.49. The summed E-state index contributed by atoms with van der Waals surface area (Å²) in [5.41, 5.74) is 0.948. The minimum absolute atomic E-state index is 0.461. The minimum Gasteiger partial charge on any atom is -0.0584 e. The van der Waals surface area contributed by atoms with Gasteiger partial charge in [0.15, 0.2) is 0 Å². The Balaban J connectivity index is 2.08. The molecule has 15 heavy (non-hydrogen) atoms. The van der Waals surface area contributed by atoms with Gasteiger partial charge in [-0.1, -0.05) is 20.8 Å². The fraction of sp³-hybridized carbons (Fsp3) is 0.800. The van der Waals surface area contributed by atoms with Crippen molar-refractivity contribution in [2.45, 2.75) is 33.6 Å². The lowest BCUT2D eigenvalue weighted by atomic mass is 9.70. The first-order valence-electron chi connectivity index (χ1n) is 5.16. The molecule has 3 aliphatic rings. The minimum atomic E-state index is 0.461. The van der Waals surface area contributed by atoms with Crippen LogP contribution in [0.2, 0.25) is 0 Å². The van der Waals surface area contributed by atoms with E-state index in [4.69, 9.17) is 0 Å². The van der Waals surface area contributed by atoms with Crippen LogP contribution in [-0.4, -0.2) is 0 Å². The second-order valence-corrected chi connectivity index (χ2v) is 12.7. The van der Waals surface area contributed by atoms with E-state index in [0.29, 0.717) is 10.8 Å². The number of allylic oxidation sites excluding steroid dienone is 2. The summed E-state index contributed by atoms with van der Waals surface area (Å²) < 4.78 is 0. The van der Waals surface area contributed by atoms with Crippen LogP contribution in [0.15, 0.2) is 9.81 Å². The van der Waals surface area contributed by atoms with E-state index in [-0.39, 0.29) is 0 Å². The maximum atomic E-state index is 2.49. The third-order valence-corrected chi connectivity index (χ3v) is 13.5. The van der Waals surface area contributed by atoms with E-state index in [1.807, 2.05) is 51.1 Å². The topological polar surface area (TPSA) is 0 Å². The van der Waals surface area contributed by atoms with Gasteiger partial charge >= 0.3 is 0 Å². The Morgan fingerprint density at radius 2 is 1.80 bits per heavy atom. The van der Waals surface area contributed by atoms with Crippen LogP contribution < -0.4 is 0 Å². The Bertz CT molecular complexity index is 335. The van der Waals surface area contributed by atoms with Gasteiger partial charge in [0.2, 0.25) is 0 Å². The maximum Gasteiger partial charge on any atom is 0.0138 e. The summed E-state index contributed by atoms with van der Waals surface area (Å²) in [6.07, 6.45) is 2.80. The Morgan fingerprint density at radius 3 is 2.60 bits per heavy atom. The molecule has 0 aromatic heterocycles. The van der Waals surface area contributed by atoms with Crippen molar-refractivity contribution in [1.82, 2.24) is 0 Å². The predicted octanol–water partition coefficient (Wildman–Crippen LogP) is 5.99. The highest BCUT2D eigenvalue weighted by molar-refractivity contribution is 9.36. The maximum absolute atomic E-state index is 2.49. The smallest absolute Gasteiger partial charge is 0.0138 e. The number of hydrogen-bond acceptors (Lipinski definition) is 5. The molecule has 1 aliphatic heterocycles. The van der Waals surface area contributed by atoms with E-state index in [1.54, 1.807) is 9.81 Å². The largest absolute Gasteiger partial charge is 0.0584 e. The van der Waals surface area contributed by atoms with Crippen molar-refractivity contribution in [3.8, 4) is 0 Å². The van der Waals surface area contributed by atoms with Gasteiger partial charge in [0.05, 0.1) is 0 Å². The van der Waals surface area contributed by atoms with Crippen molar-refractivity contribution in [2.24, 2.45) is 16.7 Å². The van der Waals surface area contributed by atoms with Gasteiger partial charge in [-0.3, -0.25) is 0 Å². The van der Waals surface area contributed by atoms with Gasteiger partial charge in [-0.05, 0) is 75.2 Å². The van der Waals surface area contributed by atoms with Crippen molar-refractivity contribution in [3.05, 3.63) is 9.81 Å². The molecule has 5 heteroatoms. The Morgan fingerprint density at radius 1 is 1.07 bits per heavy atom. The zero-order valence-electron chi connectivity index (χ0n) is 9.03. The highest BCUT2D eigenvalue weighted by atomic mass is 33.8. The lowest BCUT2D eigenvalue weighted by molar-refractivity contribution is 0.178. The summed E-state index contributed by atoms with van der Waals surface area (Å²) in [5, 5.41) is 0. The molecular weight excluding hydrogens is 280 g/mol. The van der Waals surface area contributed by atoms with Gasteiger partial charge in [-0.2, -0.15) is 0 Å². The van der Waals surface area contributed by atoms with E-state index in [2.05, 4.69) is 20.8 Å². The molecular formula is C10H14S5. The van der Waals surface area contributed by atoms with Crippen LogP contribution in [0, 0.1) is 16.7 Å². The van der Waals surface area contributed by atoms with Crippen LogP contribution in [0.3, 0.4) is 0 Å². The third-order valence-electron chi connectivity index (χ3n) is 4.56. The van der Waals surface area contributed by atoms with Gasteiger partial charge in [0.25, 0.3) is 0 Å². The molecule has 0 aromatic rings. The van der Waals surface area contributed by atoms with Crippen LogP contribution >= 0.6 is 51.1 Å². The lowest BCUT2D eigenvalue weighted by Crippen LogP contribution is -2.29. The molecule has 0 aromatic carbocycles. The van der Waals surface area contributed by atoms with Crippen molar-refractivity contribution in [2.75, 3.05) is 0 Å². The molecule has 1 saturated carbocycles. The first kappa shape index (κ1) is 11.6. The van der Waals surface area contributed by atoms with Crippen molar-refractivity contribution in [3.63, 3.8) is 0 Å². The average molecular weight is 295 g/mol. The summed E-state index contributed by atoms with van der Waals surface area (Å²) in [7, 11) is 9.89. The molecule has 0 amide bonds. The van der Waals surface area contributed by atoms with Crippen LogP contribution in [0.5, 0.6) is 0 Å². The Kier molecular flexibility index (Phi) is 2.89. The summed E-state index contributed by atoms with van der Waals surface area (Å²) in [5.74, 6) is 0.835. The van der Waals surface area contributed by atoms with E-state index in [9.17, 15) is 0 Å². The molecule has 0 unspecified atom stereocenters. The van der Waals surface area contributed by atoms with Gasteiger partial charge in [0, 0.05) is 15.2 Å². The fourth-order valence-electron chi connectivity index (χ4n) is 3.13. The number of rotatable bonds is 0. The molecule has 0 spiro atoms. The van der Waals surface area contributed by atoms with E-state index in [1.165, 1.54) is 12.8 Å². The van der Waals surface area contributed by atoms with Crippen molar-refractivity contribution >= 4 is 51.1 Å². The zero-order valence-corrected chi connectivity index (χ0v) is 13.1. The molecule has 1 fully saturated rings. The van der Waals surface area contributed by atoms with Crippen LogP contribution in [0.25, 0.3) is 0 Å². The molecule has 3 rings (SSSR count). The highest BCUT2D eigenvalue weighted by Gasteiger charge is 2.61. The summed E-state index contributed by atoms with van der Waals surface area (Å²) in [6, 6.07) is 0.